The van der Waals surface area contributed by atoms with Crippen molar-refractivity contribution in [3.8, 4) is 0 Å². The van der Waals surface area contributed by atoms with Crippen LogP contribution in [0, 0.1) is 5.92 Å². The Balaban J connectivity index is 1.70. The third-order valence-electron chi connectivity index (χ3n) is 3.46. The van der Waals surface area contributed by atoms with Crippen LogP contribution in [0.5, 0.6) is 0 Å². The zero-order valence-electron chi connectivity index (χ0n) is 9.82. The van der Waals surface area contributed by atoms with Crippen molar-refractivity contribution in [2.75, 3.05) is 13.1 Å². The molecule has 3 heteroatoms. The average Bonchev–Trinajstić information content (AvgIpc) is 3.04. The summed E-state index contributed by atoms with van der Waals surface area (Å²) in [5.74, 6) is 0.852. The van der Waals surface area contributed by atoms with Crippen molar-refractivity contribution in [3.05, 3.63) is 36.0 Å². The number of benzene rings is 1. The minimum atomic E-state index is -0.423. The zero-order valence-corrected chi connectivity index (χ0v) is 9.82. The lowest BCUT2D eigenvalue weighted by Crippen LogP contribution is -2.23. The fourth-order valence-electron chi connectivity index (χ4n) is 2.26. The standard InChI is InChI=1S/C14H18N2O/c17-14(9-15-8-10-4-5-10)12-2-1-3-13-11(12)6-7-16-13/h1-3,6-7,10,14-17H,4-5,8-9H2. The highest BCUT2D eigenvalue weighted by atomic mass is 16.3. The molecule has 1 saturated carbocycles. The fraction of sp³-hybridized carbons (Fsp3) is 0.429. The second kappa shape index (κ2) is 4.51. The third-order valence-corrected chi connectivity index (χ3v) is 3.46. The Hall–Kier alpha value is -1.32. The zero-order chi connectivity index (χ0) is 11.7. The Labute approximate surface area is 101 Å². The van der Waals surface area contributed by atoms with E-state index in [1.165, 1.54) is 12.8 Å². The third kappa shape index (κ3) is 2.35. The minimum Gasteiger partial charge on any atom is -0.387 e. The van der Waals surface area contributed by atoms with Crippen LogP contribution in [0.3, 0.4) is 0 Å². The molecular weight excluding hydrogens is 212 g/mol. The van der Waals surface area contributed by atoms with Crippen molar-refractivity contribution in [2.45, 2.75) is 18.9 Å². The van der Waals surface area contributed by atoms with Gasteiger partial charge in [-0.05, 0) is 43.0 Å². The molecule has 2 aromatic rings. The van der Waals surface area contributed by atoms with Crippen LogP contribution in [0.25, 0.3) is 10.9 Å². The maximum absolute atomic E-state index is 10.2. The van der Waals surface area contributed by atoms with Gasteiger partial charge in [-0.2, -0.15) is 0 Å². The molecule has 0 bridgehead atoms. The molecule has 1 fully saturated rings. The van der Waals surface area contributed by atoms with Crippen molar-refractivity contribution in [1.29, 1.82) is 0 Å². The minimum absolute atomic E-state index is 0.423. The first-order chi connectivity index (χ1) is 8.34. The van der Waals surface area contributed by atoms with Crippen molar-refractivity contribution < 1.29 is 5.11 Å². The van der Waals surface area contributed by atoms with Crippen LogP contribution in [0.2, 0.25) is 0 Å². The molecule has 3 nitrogen and oxygen atoms in total. The topological polar surface area (TPSA) is 48.0 Å². The molecule has 1 atom stereocenters. The van der Waals surface area contributed by atoms with E-state index in [1.54, 1.807) is 0 Å². The summed E-state index contributed by atoms with van der Waals surface area (Å²) in [7, 11) is 0. The van der Waals surface area contributed by atoms with Gasteiger partial charge in [-0.25, -0.2) is 0 Å². The second-order valence-electron chi connectivity index (χ2n) is 4.90. The molecule has 17 heavy (non-hydrogen) atoms. The molecule has 1 unspecified atom stereocenters. The van der Waals surface area contributed by atoms with E-state index in [-0.39, 0.29) is 0 Å². The Bertz CT molecular complexity index is 502. The van der Waals surface area contributed by atoms with Crippen molar-refractivity contribution in [1.82, 2.24) is 10.3 Å². The molecule has 1 heterocycles. The number of aromatic nitrogens is 1. The molecule has 1 aliphatic rings. The van der Waals surface area contributed by atoms with Crippen LogP contribution >= 0.6 is 0 Å². The molecule has 0 radical (unpaired) electrons. The van der Waals surface area contributed by atoms with Crippen LogP contribution in [0.1, 0.15) is 24.5 Å². The molecule has 3 rings (SSSR count). The van der Waals surface area contributed by atoms with Gasteiger partial charge in [0.1, 0.15) is 0 Å². The van der Waals surface area contributed by atoms with E-state index in [1.807, 2.05) is 30.5 Å². The molecule has 0 saturated heterocycles. The predicted octanol–water partition coefficient (Wildman–Crippen LogP) is 2.20. The maximum Gasteiger partial charge on any atom is 0.0920 e. The van der Waals surface area contributed by atoms with Crippen molar-refractivity contribution in [2.24, 2.45) is 5.92 Å². The van der Waals surface area contributed by atoms with E-state index in [0.717, 1.165) is 28.9 Å². The monoisotopic (exact) mass is 230 g/mol. The average molecular weight is 230 g/mol. The molecule has 90 valence electrons. The molecule has 1 aliphatic carbocycles. The first-order valence-electron chi connectivity index (χ1n) is 6.29. The Kier molecular flexibility index (Phi) is 2.87. The number of hydrogen-bond donors (Lipinski definition) is 3. The summed E-state index contributed by atoms with van der Waals surface area (Å²) in [5.41, 5.74) is 2.09. The number of hydrogen-bond acceptors (Lipinski definition) is 2. The van der Waals surface area contributed by atoms with Gasteiger partial charge >= 0.3 is 0 Å². The number of H-pyrrole nitrogens is 1. The number of aliphatic hydroxyl groups is 1. The van der Waals surface area contributed by atoms with E-state index >= 15 is 0 Å². The summed E-state index contributed by atoms with van der Waals surface area (Å²) in [6, 6.07) is 8.04. The highest BCUT2D eigenvalue weighted by Crippen LogP contribution is 2.28. The smallest absolute Gasteiger partial charge is 0.0920 e. The normalized spacial score (nSPS) is 17.5. The van der Waals surface area contributed by atoms with Crippen LogP contribution < -0.4 is 5.32 Å². The fourth-order valence-corrected chi connectivity index (χ4v) is 2.26. The van der Waals surface area contributed by atoms with Gasteiger partial charge in [0.25, 0.3) is 0 Å². The van der Waals surface area contributed by atoms with E-state index < -0.39 is 6.10 Å². The lowest BCUT2D eigenvalue weighted by atomic mass is 10.0. The Morgan fingerprint density at radius 3 is 3.06 bits per heavy atom. The van der Waals surface area contributed by atoms with Gasteiger partial charge in [0.2, 0.25) is 0 Å². The maximum atomic E-state index is 10.2. The van der Waals surface area contributed by atoms with Gasteiger partial charge in [-0.1, -0.05) is 12.1 Å². The molecule has 3 N–H and O–H groups in total. The lowest BCUT2D eigenvalue weighted by Gasteiger charge is -2.13. The Morgan fingerprint density at radius 1 is 1.35 bits per heavy atom. The largest absolute Gasteiger partial charge is 0.387 e. The van der Waals surface area contributed by atoms with E-state index in [9.17, 15) is 5.11 Å². The molecular formula is C14H18N2O. The highest BCUT2D eigenvalue weighted by Gasteiger charge is 2.21. The van der Waals surface area contributed by atoms with Gasteiger partial charge < -0.3 is 15.4 Å². The molecule has 0 amide bonds. The number of nitrogens with one attached hydrogen (secondary N) is 2. The highest BCUT2D eigenvalue weighted by molar-refractivity contribution is 5.83. The van der Waals surface area contributed by atoms with Crippen molar-refractivity contribution >= 4 is 10.9 Å². The van der Waals surface area contributed by atoms with E-state index in [4.69, 9.17) is 0 Å². The summed E-state index contributed by atoms with van der Waals surface area (Å²) in [6.45, 7) is 1.68. The van der Waals surface area contributed by atoms with Crippen LogP contribution in [0.4, 0.5) is 0 Å². The number of fused-ring (bicyclic) bond motifs is 1. The van der Waals surface area contributed by atoms with Crippen LogP contribution in [-0.2, 0) is 0 Å². The predicted molar refractivity (Wildman–Crippen MR) is 68.9 cm³/mol. The van der Waals surface area contributed by atoms with Gasteiger partial charge in [0.05, 0.1) is 6.10 Å². The van der Waals surface area contributed by atoms with Gasteiger partial charge in [-0.3, -0.25) is 0 Å². The second-order valence-corrected chi connectivity index (χ2v) is 4.90. The number of aliphatic hydroxyl groups excluding tert-OH is 1. The summed E-state index contributed by atoms with van der Waals surface area (Å²) < 4.78 is 0. The quantitative estimate of drug-likeness (QED) is 0.737. The molecule has 0 spiro atoms. The molecule has 0 aliphatic heterocycles. The molecule has 1 aromatic heterocycles. The lowest BCUT2D eigenvalue weighted by molar-refractivity contribution is 0.176. The van der Waals surface area contributed by atoms with E-state index in [0.29, 0.717) is 6.54 Å². The van der Waals surface area contributed by atoms with Gasteiger partial charge in [-0.15, -0.1) is 0 Å². The van der Waals surface area contributed by atoms with E-state index in [2.05, 4.69) is 10.3 Å². The number of aromatic amines is 1. The summed E-state index contributed by atoms with van der Waals surface area (Å²) in [5, 5.41) is 14.7. The van der Waals surface area contributed by atoms with Crippen LogP contribution in [0.15, 0.2) is 30.5 Å². The summed E-state index contributed by atoms with van der Waals surface area (Å²) >= 11 is 0. The Morgan fingerprint density at radius 2 is 2.24 bits per heavy atom. The number of rotatable bonds is 5. The van der Waals surface area contributed by atoms with Gasteiger partial charge in [0.15, 0.2) is 0 Å². The summed E-state index contributed by atoms with van der Waals surface area (Å²) in [4.78, 5) is 3.17. The molecule has 1 aromatic carbocycles. The first kappa shape index (κ1) is 10.8. The van der Waals surface area contributed by atoms with Crippen LogP contribution in [-0.4, -0.2) is 23.2 Å². The van der Waals surface area contributed by atoms with Crippen molar-refractivity contribution in [3.63, 3.8) is 0 Å². The first-order valence-corrected chi connectivity index (χ1v) is 6.29. The van der Waals surface area contributed by atoms with Gasteiger partial charge in [0, 0.05) is 23.6 Å². The summed E-state index contributed by atoms with van der Waals surface area (Å²) in [6.07, 6.45) is 4.18. The SMILES string of the molecule is OC(CNCC1CC1)c1cccc2[nH]ccc12.